The Balaban J connectivity index is 2.49. The molecular weight excluding hydrogens is 214 g/mol. The zero-order valence-corrected chi connectivity index (χ0v) is 11.8. The Labute approximate surface area is 106 Å². The second-order valence-corrected chi connectivity index (χ2v) is 5.82. The van der Waals surface area contributed by atoms with Crippen LogP contribution in [-0.2, 0) is 4.74 Å². The van der Waals surface area contributed by atoms with Gasteiger partial charge in [-0.25, -0.2) is 0 Å². The number of likely N-dealkylation sites (N-methyl/N-ethyl adjacent to an activating group) is 1. The Hall–Kier alpha value is -0.160. The fraction of sp³-hybridized carbons (Fsp3) is 1.00. The molecule has 4 heteroatoms. The fourth-order valence-electron chi connectivity index (χ4n) is 2.34. The summed E-state index contributed by atoms with van der Waals surface area (Å²) < 4.78 is 5.82. The van der Waals surface area contributed by atoms with E-state index in [0.29, 0.717) is 18.6 Å². The Morgan fingerprint density at radius 1 is 1.47 bits per heavy atom. The normalized spacial score (nSPS) is 30.2. The number of hydrogen-bond donors (Lipinski definition) is 2. The summed E-state index contributed by atoms with van der Waals surface area (Å²) in [4.78, 5) is 2.19. The van der Waals surface area contributed by atoms with Crippen LogP contribution in [0.5, 0.6) is 0 Å². The summed E-state index contributed by atoms with van der Waals surface area (Å²) in [5.41, 5.74) is 6.07. The highest BCUT2D eigenvalue weighted by Crippen LogP contribution is 2.27. The van der Waals surface area contributed by atoms with Gasteiger partial charge >= 0.3 is 0 Å². The van der Waals surface area contributed by atoms with Crippen molar-refractivity contribution in [2.75, 3.05) is 40.3 Å². The molecular formula is C13H29N3O. The molecule has 2 unspecified atom stereocenters. The molecule has 2 atom stereocenters. The van der Waals surface area contributed by atoms with Crippen LogP contribution in [0.4, 0.5) is 0 Å². The van der Waals surface area contributed by atoms with Gasteiger partial charge in [-0.2, -0.15) is 0 Å². The van der Waals surface area contributed by atoms with Crippen LogP contribution < -0.4 is 11.1 Å². The van der Waals surface area contributed by atoms with Gasteiger partial charge < -0.3 is 20.7 Å². The van der Waals surface area contributed by atoms with E-state index in [2.05, 4.69) is 38.2 Å². The van der Waals surface area contributed by atoms with Crippen molar-refractivity contribution in [3.63, 3.8) is 0 Å². The Morgan fingerprint density at radius 2 is 2.18 bits per heavy atom. The number of nitrogens with zero attached hydrogens (tertiary/aromatic N) is 1. The van der Waals surface area contributed by atoms with Gasteiger partial charge in [0.1, 0.15) is 0 Å². The highest BCUT2D eigenvalue weighted by atomic mass is 16.5. The standard InChI is InChI=1S/C13H29N3O/c1-11(2)12-9-13(10-14,5-8-17-12)15-6-7-16(3)4/h11-12,15H,5-10,14H2,1-4H3. The molecule has 1 aliphatic heterocycles. The lowest BCUT2D eigenvalue weighted by Gasteiger charge is -2.42. The highest BCUT2D eigenvalue weighted by Gasteiger charge is 2.36. The van der Waals surface area contributed by atoms with E-state index in [1.807, 2.05) is 0 Å². The molecule has 0 aliphatic carbocycles. The third-order valence-electron chi connectivity index (χ3n) is 3.70. The molecule has 0 bridgehead atoms. The van der Waals surface area contributed by atoms with Gasteiger partial charge in [0.15, 0.2) is 0 Å². The van der Waals surface area contributed by atoms with E-state index >= 15 is 0 Å². The number of nitrogens with one attached hydrogen (secondary N) is 1. The van der Waals surface area contributed by atoms with Gasteiger partial charge in [0.25, 0.3) is 0 Å². The van der Waals surface area contributed by atoms with Crippen LogP contribution in [0.3, 0.4) is 0 Å². The zero-order chi connectivity index (χ0) is 12.9. The number of rotatable bonds is 6. The molecule has 4 nitrogen and oxygen atoms in total. The number of ether oxygens (including phenoxy) is 1. The predicted molar refractivity (Wildman–Crippen MR) is 72.2 cm³/mol. The van der Waals surface area contributed by atoms with Crippen LogP contribution in [0.1, 0.15) is 26.7 Å². The molecule has 0 radical (unpaired) electrons. The minimum Gasteiger partial charge on any atom is -0.378 e. The minimum absolute atomic E-state index is 0.0865. The van der Waals surface area contributed by atoms with Crippen molar-refractivity contribution in [2.24, 2.45) is 11.7 Å². The molecule has 0 spiro atoms. The van der Waals surface area contributed by atoms with Crippen molar-refractivity contribution >= 4 is 0 Å². The summed E-state index contributed by atoms with van der Waals surface area (Å²) >= 11 is 0. The molecule has 0 aromatic carbocycles. The molecule has 1 aliphatic rings. The maximum Gasteiger partial charge on any atom is 0.0616 e. The predicted octanol–water partition coefficient (Wildman–Crippen LogP) is 0.670. The van der Waals surface area contributed by atoms with E-state index in [-0.39, 0.29) is 5.54 Å². The smallest absolute Gasteiger partial charge is 0.0616 e. The first-order chi connectivity index (χ1) is 7.99. The van der Waals surface area contributed by atoms with Gasteiger partial charge in [-0.05, 0) is 32.9 Å². The molecule has 17 heavy (non-hydrogen) atoms. The molecule has 0 amide bonds. The van der Waals surface area contributed by atoms with Crippen molar-refractivity contribution < 1.29 is 4.74 Å². The van der Waals surface area contributed by atoms with E-state index in [0.717, 1.165) is 32.5 Å². The molecule has 1 saturated heterocycles. The summed E-state index contributed by atoms with van der Waals surface area (Å²) in [6.45, 7) is 8.01. The summed E-state index contributed by atoms with van der Waals surface area (Å²) in [5, 5.41) is 3.65. The summed E-state index contributed by atoms with van der Waals surface area (Å²) in [5.74, 6) is 0.567. The maximum absolute atomic E-state index is 5.99. The maximum atomic E-state index is 5.99. The number of hydrogen-bond acceptors (Lipinski definition) is 4. The van der Waals surface area contributed by atoms with Crippen molar-refractivity contribution in [2.45, 2.75) is 38.3 Å². The Bertz CT molecular complexity index is 221. The second-order valence-electron chi connectivity index (χ2n) is 5.82. The van der Waals surface area contributed by atoms with Crippen molar-refractivity contribution in [3.05, 3.63) is 0 Å². The summed E-state index contributed by atoms with van der Waals surface area (Å²) in [6, 6.07) is 0. The van der Waals surface area contributed by atoms with Crippen LogP contribution >= 0.6 is 0 Å². The average Bonchev–Trinajstić information content (AvgIpc) is 2.29. The second kappa shape index (κ2) is 6.69. The van der Waals surface area contributed by atoms with Crippen molar-refractivity contribution in [1.82, 2.24) is 10.2 Å². The molecule has 1 rings (SSSR count). The quantitative estimate of drug-likeness (QED) is 0.720. The minimum atomic E-state index is 0.0865. The molecule has 0 saturated carbocycles. The molecule has 102 valence electrons. The Morgan fingerprint density at radius 3 is 2.71 bits per heavy atom. The topological polar surface area (TPSA) is 50.5 Å². The van der Waals surface area contributed by atoms with E-state index in [9.17, 15) is 0 Å². The van der Waals surface area contributed by atoms with Crippen LogP contribution in [0.2, 0.25) is 0 Å². The van der Waals surface area contributed by atoms with E-state index < -0.39 is 0 Å². The van der Waals surface area contributed by atoms with Gasteiger partial charge in [-0.3, -0.25) is 0 Å². The van der Waals surface area contributed by atoms with Crippen LogP contribution in [0, 0.1) is 5.92 Å². The Kier molecular flexibility index (Phi) is 5.86. The lowest BCUT2D eigenvalue weighted by atomic mass is 9.83. The average molecular weight is 243 g/mol. The fourth-order valence-corrected chi connectivity index (χ4v) is 2.34. The monoisotopic (exact) mass is 243 g/mol. The molecule has 0 aromatic heterocycles. The van der Waals surface area contributed by atoms with E-state index in [1.165, 1.54) is 0 Å². The van der Waals surface area contributed by atoms with Crippen LogP contribution in [0.15, 0.2) is 0 Å². The van der Waals surface area contributed by atoms with Gasteiger partial charge in [0.05, 0.1) is 6.10 Å². The lowest BCUT2D eigenvalue weighted by Crippen LogP contribution is -2.58. The van der Waals surface area contributed by atoms with Gasteiger partial charge in [0.2, 0.25) is 0 Å². The number of nitrogens with two attached hydrogens (primary N) is 1. The van der Waals surface area contributed by atoms with Crippen molar-refractivity contribution in [1.29, 1.82) is 0 Å². The molecule has 1 fully saturated rings. The molecule has 0 aromatic rings. The van der Waals surface area contributed by atoms with Gasteiger partial charge in [-0.1, -0.05) is 13.8 Å². The highest BCUT2D eigenvalue weighted by molar-refractivity contribution is 4.95. The largest absolute Gasteiger partial charge is 0.378 e. The van der Waals surface area contributed by atoms with Gasteiger partial charge in [-0.15, -0.1) is 0 Å². The van der Waals surface area contributed by atoms with Crippen LogP contribution in [-0.4, -0.2) is 56.9 Å². The first kappa shape index (κ1) is 14.9. The van der Waals surface area contributed by atoms with Crippen LogP contribution in [0.25, 0.3) is 0 Å². The van der Waals surface area contributed by atoms with E-state index in [1.54, 1.807) is 0 Å². The first-order valence-electron chi connectivity index (χ1n) is 6.70. The summed E-state index contributed by atoms with van der Waals surface area (Å²) in [6.07, 6.45) is 2.41. The van der Waals surface area contributed by atoms with E-state index in [4.69, 9.17) is 10.5 Å². The zero-order valence-electron chi connectivity index (χ0n) is 11.8. The van der Waals surface area contributed by atoms with Gasteiger partial charge in [0, 0.05) is 31.8 Å². The SMILES string of the molecule is CC(C)C1CC(CN)(NCCN(C)C)CCO1. The third-order valence-corrected chi connectivity index (χ3v) is 3.70. The molecule has 1 heterocycles. The first-order valence-corrected chi connectivity index (χ1v) is 6.70. The van der Waals surface area contributed by atoms with Crippen molar-refractivity contribution in [3.8, 4) is 0 Å². The third kappa shape index (κ3) is 4.54. The molecule has 3 N–H and O–H groups in total. The summed E-state index contributed by atoms with van der Waals surface area (Å²) in [7, 11) is 4.19. The lowest BCUT2D eigenvalue weighted by molar-refractivity contribution is -0.0494.